The summed E-state index contributed by atoms with van der Waals surface area (Å²) in [6.45, 7) is 7.19. The van der Waals surface area contributed by atoms with E-state index in [1.807, 2.05) is 0 Å². The molecule has 0 aliphatic heterocycles. The van der Waals surface area contributed by atoms with Gasteiger partial charge in [-0.15, -0.1) is 12.8 Å². The minimum Gasteiger partial charge on any atom is -0.480 e. The molecule has 0 bridgehead atoms. The van der Waals surface area contributed by atoms with Crippen LogP contribution in [0.2, 0.25) is 0 Å². The number of halogens is 3. The molecule has 0 aliphatic rings. The average Bonchev–Trinajstić information content (AvgIpc) is 2.25. The minimum absolute atomic E-state index is 0. The summed E-state index contributed by atoms with van der Waals surface area (Å²) in [5.41, 5.74) is 0. The van der Waals surface area contributed by atoms with Crippen LogP contribution in [-0.2, 0) is 25.7 Å². The zero-order chi connectivity index (χ0) is 12.2. The third-order valence-electron chi connectivity index (χ3n) is 1.81. The van der Waals surface area contributed by atoms with Crippen LogP contribution < -0.4 is 4.74 Å². The third-order valence-corrected chi connectivity index (χ3v) is 1.81. The monoisotopic (exact) mass is 296 g/mol. The van der Waals surface area contributed by atoms with Gasteiger partial charge in [-0.05, 0) is 0 Å². The molecule has 1 aromatic rings. The standard InChI is InChI=1S/C10H11F3N2O.Zn/c1-3-7(4-2)16-8-5-6-14-9(15-8)10(11,12)13;/h5-7H,1-4H2;/q-2;+2. The van der Waals surface area contributed by atoms with Crippen molar-refractivity contribution in [2.45, 2.75) is 25.1 Å². The van der Waals surface area contributed by atoms with E-state index < -0.39 is 12.0 Å². The molecule has 0 N–H and O–H groups in total. The van der Waals surface area contributed by atoms with Gasteiger partial charge in [0.2, 0.25) is 11.7 Å². The van der Waals surface area contributed by atoms with Crippen molar-refractivity contribution >= 4 is 0 Å². The summed E-state index contributed by atoms with van der Waals surface area (Å²) in [5.74, 6) is -1.32. The number of hydrogen-bond acceptors (Lipinski definition) is 3. The Morgan fingerprint density at radius 2 is 1.88 bits per heavy atom. The minimum atomic E-state index is -4.57. The van der Waals surface area contributed by atoms with E-state index in [1.165, 1.54) is 6.07 Å². The molecule has 0 radical (unpaired) electrons. The molecule has 0 aromatic carbocycles. The Hall–Kier alpha value is -0.707. The normalized spacial score (nSPS) is 11.2. The van der Waals surface area contributed by atoms with Crippen LogP contribution in [0.5, 0.6) is 5.88 Å². The largest absolute Gasteiger partial charge is 2.00 e. The van der Waals surface area contributed by atoms with Gasteiger partial charge >= 0.3 is 25.7 Å². The molecule has 0 atom stereocenters. The van der Waals surface area contributed by atoms with Gasteiger partial charge in [0, 0.05) is 18.4 Å². The quantitative estimate of drug-likeness (QED) is 0.633. The molecule has 0 aliphatic carbocycles. The van der Waals surface area contributed by atoms with E-state index in [9.17, 15) is 13.2 Å². The van der Waals surface area contributed by atoms with Gasteiger partial charge in [-0.25, -0.2) is 4.98 Å². The van der Waals surface area contributed by atoms with Gasteiger partial charge in [0.15, 0.2) is 0 Å². The van der Waals surface area contributed by atoms with Crippen LogP contribution in [0, 0.1) is 13.8 Å². The summed E-state index contributed by atoms with van der Waals surface area (Å²) >= 11 is 0. The second kappa shape index (κ2) is 6.89. The second-order valence-electron chi connectivity index (χ2n) is 3.03. The van der Waals surface area contributed by atoms with Gasteiger partial charge < -0.3 is 18.6 Å². The first-order chi connectivity index (χ1) is 7.47. The second-order valence-corrected chi connectivity index (χ2v) is 3.03. The first kappa shape index (κ1) is 16.3. The maximum absolute atomic E-state index is 12.3. The van der Waals surface area contributed by atoms with Gasteiger partial charge in [-0.2, -0.15) is 18.2 Å². The molecule has 0 spiro atoms. The van der Waals surface area contributed by atoms with Crippen LogP contribution in [0.25, 0.3) is 0 Å². The topological polar surface area (TPSA) is 35.0 Å². The molecule has 90 valence electrons. The molecule has 7 heteroatoms. The average molecular weight is 298 g/mol. The fourth-order valence-electron chi connectivity index (χ4n) is 0.977. The SMILES string of the molecule is [CH2-]CC(C[CH2-])Oc1ccnc(C(F)(F)F)n1.[Zn+2]. The van der Waals surface area contributed by atoms with Gasteiger partial charge in [0.25, 0.3) is 0 Å². The van der Waals surface area contributed by atoms with Crippen molar-refractivity contribution in [3.05, 3.63) is 31.9 Å². The zero-order valence-electron chi connectivity index (χ0n) is 9.20. The van der Waals surface area contributed by atoms with Crippen LogP contribution in [-0.4, -0.2) is 16.1 Å². The van der Waals surface area contributed by atoms with Crippen molar-refractivity contribution in [2.75, 3.05) is 0 Å². The van der Waals surface area contributed by atoms with Crippen molar-refractivity contribution in [1.29, 1.82) is 0 Å². The van der Waals surface area contributed by atoms with Gasteiger partial charge in [0.05, 0.1) is 0 Å². The van der Waals surface area contributed by atoms with E-state index >= 15 is 0 Å². The molecule has 0 fully saturated rings. The van der Waals surface area contributed by atoms with Gasteiger partial charge in [-0.1, -0.05) is 0 Å². The van der Waals surface area contributed by atoms with E-state index in [-0.39, 0.29) is 31.5 Å². The van der Waals surface area contributed by atoms with E-state index in [4.69, 9.17) is 4.74 Å². The molecule has 1 rings (SSSR count). The van der Waals surface area contributed by atoms with Crippen LogP contribution >= 0.6 is 0 Å². The number of alkyl halides is 3. The number of aromatic nitrogens is 2. The summed E-state index contributed by atoms with van der Waals surface area (Å²) in [4.78, 5) is 6.39. The van der Waals surface area contributed by atoms with Gasteiger partial charge in [-0.3, -0.25) is 0 Å². The summed E-state index contributed by atoms with van der Waals surface area (Å²) in [5, 5.41) is 0. The van der Waals surface area contributed by atoms with E-state index in [0.29, 0.717) is 12.8 Å². The van der Waals surface area contributed by atoms with Crippen LogP contribution in [0.4, 0.5) is 13.2 Å². The van der Waals surface area contributed by atoms with E-state index in [0.717, 1.165) is 6.20 Å². The maximum atomic E-state index is 12.3. The number of nitrogens with zero attached hydrogens (tertiary/aromatic N) is 2. The first-order valence-corrected chi connectivity index (χ1v) is 4.62. The van der Waals surface area contributed by atoms with Crippen molar-refractivity contribution in [2.24, 2.45) is 0 Å². The molecule has 1 aromatic heterocycles. The Balaban J connectivity index is 0.00000256. The maximum Gasteiger partial charge on any atom is 2.00 e. The number of ether oxygens (including phenoxy) is 1. The molecule has 0 amide bonds. The molecular formula is C10H11F3N2OZn. The molecule has 3 nitrogen and oxygen atoms in total. The molecule has 0 saturated heterocycles. The van der Waals surface area contributed by atoms with Crippen LogP contribution in [0.15, 0.2) is 12.3 Å². The molecule has 0 unspecified atom stereocenters. The summed E-state index contributed by atoms with van der Waals surface area (Å²) < 4.78 is 42.0. The van der Waals surface area contributed by atoms with E-state index in [2.05, 4.69) is 23.8 Å². The Morgan fingerprint density at radius 3 is 2.35 bits per heavy atom. The molecule has 1 heterocycles. The Morgan fingerprint density at radius 1 is 1.29 bits per heavy atom. The molecular weight excluding hydrogens is 287 g/mol. The smallest absolute Gasteiger partial charge is 0.480 e. The van der Waals surface area contributed by atoms with Crippen LogP contribution in [0.1, 0.15) is 18.7 Å². The summed E-state index contributed by atoms with van der Waals surface area (Å²) in [7, 11) is 0. The Bertz CT molecular complexity index is 343. The fraction of sp³-hybridized carbons (Fsp3) is 0.400. The van der Waals surface area contributed by atoms with Crippen molar-refractivity contribution in [3.63, 3.8) is 0 Å². The Kier molecular flexibility index (Phi) is 6.60. The summed E-state index contributed by atoms with van der Waals surface area (Å²) in [6, 6.07) is 1.27. The first-order valence-electron chi connectivity index (χ1n) is 4.62. The van der Waals surface area contributed by atoms with Crippen molar-refractivity contribution in [3.8, 4) is 5.88 Å². The molecule has 17 heavy (non-hydrogen) atoms. The predicted octanol–water partition coefficient (Wildman–Crippen LogP) is 2.69. The predicted molar refractivity (Wildman–Crippen MR) is 51.4 cm³/mol. The third kappa shape index (κ3) is 4.98. The van der Waals surface area contributed by atoms with Crippen molar-refractivity contribution in [1.82, 2.24) is 9.97 Å². The van der Waals surface area contributed by atoms with E-state index in [1.54, 1.807) is 0 Å². The Labute approximate surface area is 111 Å². The fourth-order valence-corrected chi connectivity index (χ4v) is 0.977. The zero-order valence-corrected chi connectivity index (χ0v) is 12.2. The number of hydrogen-bond donors (Lipinski definition) is 0. The van der Waals surface area contributed by atoms with Crippen molar-refractivity contribution < 1.29 is 37.4 Å². The summed E-state index contributed by atoms with van der Waals surface area (Å²) in [6.07, 6.45) is -3.07. The van der Waals surface area contributed by atoms with Gasteiger partial charge in [0.1, 0.15) is 0 Å². The van der Waals surface area contributed by atoms with Crippen LogP contribution in [0.3, 0.4) is 0 Å². The number of rotatable bonds is 4. The molecule has 0 saturated carbocycles.